The molecule has 4 N–H and O–H groups in total. The summed E-state index contributed by atoms with van der Waals surface area (Å²) in [4.78, 5) is 22.5. The maximum Gasteiger partial charge on any atom is 0.339 e. The van der Waals surface area contributed by atoms with Crippen molar-refractivity contribution in [2.75, 3.05) is 25.1 Å². The quantitative estimate of drug-likeness (QED) is 0.669. The normalized spacial score (nSPS) is 10.1. The third kappa shape index (κ3) is 3.99. The molecule has 0 aromatic heterocycles. The molecule has 0 aliphatic rings. The SMILES string of the molecule is NCCOCC(=O)Nc1cccc(Cl)c1C(=O)O. The summed E-state index contributed by atoms with van der Waals surface area (Å²) < 4.78 is 4.93. The molecule has 6 nitrogen and oxygen atoms in total. The van der Waals surface area contributed by atoms with Gasteiger partial charge in [-0.3, -0.25) is 4.79 Å². The van der Waals surface area contributed by atoms with E-state index in [-0.39, 0.29) is 29.5 Å². The smallest absolute Gasteiger partial charge is 0.339 e. The van der Waals surface area contributed by atoms with Crippen LogP contribution in [0.1, 0.15) is 10.4 Å². The van der Waals surface area contributed by atoms with Crippen LogP contribution in [0.4, 0.5) is 5.69 Å². The number of carbonyl (C=O) groups excluding carboxylic acids is 1. The van der Waals surface area contributed by atoms with Gasteiger partial charge < -0.3 is 20.9 Å². The molecule has 0 heterocycles. The fourth-order valence-corrected chi connectivity index (χ4v) is 1.54. The van der Waals surface area contributed by atoms with Crippen LogP contribution in [-0.4, -0.2) is 36.7 Å². The number of halogens is 1. The second-order valence-electron chi connectivity index (χ2n) is 3.36. The predicted molar refractivity (Wildman–Crippen MR) is 66.9 cm³/mol. The number of hydrogen-bond donors (Lipinski definition) is 3. The number of carbonyl (C=O) groups is 2. The first-order chi connectivity index (χ1) is 8.56. The zero-order valence-corrected chi connectivity index (χ0v) is 10.2. The van der Waals surface area contributed by atoms with Crippen molar-refractivity contribution in [3.63, 3.8) is 0 Å². The van der Waals surface area contributed by atoms with Gasteiger partial charge in [0.15, 0.2) is 0 Å². The van der Waals surface area contributed by atoms with Gasteiger partial charge in [0.2, 0.25) is 5.91 Å². The zero-order valence-electron chi connectivity index (χ0n) is 9.48. The van der Waals surface area contributed by atoms with E-state index in [1.807, 2.05) is 0 Å². The lowest BCUT2D eigenvalue weighted by atomic mass is 10.2. The first kappa shape index (κ1) is 14.4. The fourth-order valence-electron chi connectivity index (χ4n) is 1.28. The monoisotopic (exact) mass is 272 g/mol. The van der Waals surface area contributed by atoms with Crippen LogP contribution in [0.3, 0.4) is 0 Å². The van der Waals surface area contributed by atoms with Crippen molar-refractivity contribution < 1.29 is 19.4 Å². The maximum absolute atomic E-state index is 11.5. The minimum absolute atomic E-state index is 0.0585. The van der Waals surface area contributed by atoms with Crippen LogP contribution in [0, 0.1) is 0 Å². The van der Waals surface area contributed by atoms with Gasteiger partial charge in [0, 0.05) is 6.54 Å². The molecule has 0 aliphatic carbocycles. The highest BCUT2D eigenvalue weighted by molar-refractivity contribution is 6.34. The number of carboxylic acid groups (broad SMARTS) is 1. The first-order valence-corrected chi connectivity index (χ1v) is 5.53. The second kappa shape index (κ2) is 6.95. The van der Waals surface area contributed by atoms with Gasteiger partial charge in [-0.05, 0) is 12.1 Å². The molecule has 0 saturated carbocycles. The number of nitrogens with one attached hydrogen (secondary N) is 1. The van der Waals surface area contributed by atoms with E-state index >= 15 is 0 Å². The van der Waals surface area contributed by atoms with Gasteiger partial charge in [-0.15, -0.1) is 0 Å². The molecule has 0 radical (unpaired) electrons. The van der Waals surface area contributed by atoms with Crippen LogP contribution in [0.2, 0.25) is 5.02 Å². The molecule has 7 heteroatoms. The Balaban J connectivity index is 2.75. The fraction of sp³-hybridized carbons (Fsp3) is 0.273. The number of rotatable bonds is 6. The Bertz CT molecular complexity index is 451. The molecule has 1 aromatic rings. The number of amides is 1. The van der Waals surface area contributed by atoms with Gasteiger partial charge in [0.25, 0.3) is 0 Å². The topological polar surface area (TPSA) is 102 Å². The molecule has 0 aliphatic heterocycles. The highest BCUT2D eigenvalue weighted by atomic mass is 35.5. The zero-order chi connectivity index (χ0) is 13.5. The summed E-state index contributed by atoms with van der Waals surface area (Å²) in [7, 11) is 0. The van der Waals surface area contributed by atoms with E-state index in [1.54, 1.807) is 6.07 Å². The molecular formula is C11H13ClN2O4. The highest BCUT2D eigenvalue weighted by Crippen LogP contribution is 2.24. The molecule has 18 heavy (non-hydrogen) atoms. The van der Waals surface area contributed by atoms with E-state index in [9.17, 15) is 9.59 Å². The van der Waals surface area contributed by atoms with Crippen molar-refractivity contribution >= 4 is 29.2 Å². The number of benzene rings is 1. The summed E-state index contributed by atoms with van der Waals surface area (Å²) in [6.45, 7) is 0.377. The summed E-state index contributed by atoms with van der Waals surface area (Å²) in [5, 5.41) is 11.5. The van der Waals surface area contributed by atoms with Crippen LogP contribution >= 0.6 is 11.6 Å². The maximum atomic E-state index is 11.5. The minimum atomic E-state index is -1.21. The van der Waals surface area contributed by atoms with Crippen molar-refractivity contribution in [1.82, 2.24) is 0 Å². The Hall–Kier alpha value is -1.63. The molecule has 0 spiro atoms. The molecule has 1 aromatic carbocycles. The number of nitrogens with two attached hydrogens (primary N) is 1. The molecule has 1 amide bonds. The van der Waals surface area contributed by atoms with Crippen LogP contribution in [-0.2, 0) is 9.53 Å². The predicted octanol–water partition coefficient (Wildman–Crippen LogP) is 0.952. The van der Waals surface area contributed by atoms with E-state index < -0.39 is 11.9 Å². The largest absolute Gasteiger partial charge is 0.478 e. The molecule has 0 saturated heterocycles. The van der Waals surface area contributed by atoms with Gasteiger partial charge in [0.05, 0.1) is 17.3 Å². The van der Waals surface area contributed by atoms with Gasteiger partial charge >= 0.3 is 5.97 Å². The van der Waals surface area contributed by atoms with Crippen LogP contribution in [0.15, 0.2) is 18.2 Å². The van der Waals surface area contributed by atoms with Crippen molar-refractivity contribution in [2.24, 2.45) is 5.73 Å². The number of ether oxygens (including phenoxy) is 1. The Morgan fingerprint density at radius 1 is 1.44 bits per heavy atom. The van der Waals surface area contributed by atoms with E-state index in [2.05, 4.69) is 5.32 Å². The van der Waals surface area contributed by atoms with Crippen molar-refractivity contribution in [3.05, 3.63) is 28.8 Å². The Morgan fingerprint density at radius 3 is 2.78 bits per heavy atom. The molecule has 0 fully saturated rings. The molecule has 98 valence electrons. The summed E-state index contributed by atoms with van der Waals surface area (Å²) in [6, 6.07) is 4.44. The van der Waals surface area contributed by atoms with Gasteiger partial charge in [-0.1, -0.05) is 17.7 Å². The average Bonchev–Trinajstić information content (AvgIpc) is 2.28. The van der Waals surface area contributed by atoms with Crippen molar-refractivity contribution in [1.29, 1.82) is 0 Å². The Kier molecular flexibility index (Phi) is 5.57. The molecule has 0 atom stereocenters. The third-order valence-corrected chi connectivity index (χ3v) is 2.31. The van der Waals surface area contributed by atoms with Crippen LogP contribution in [0.25, 0.3) is 0 Å². The third-order valence-electron chi connectivity index (χ3n) is 2.00. The number of carboxylic acids is 1. The highest BCUT2D eigenvalue weighted by Gasteiger charge is 2.15. The first-order valence-electron chi connectivity index (χ1n) is 5.15. The second-order valence-corrected chi connectivity index (χ2v) is 3.76. The van der Waals surface area contributed by atoms with Crippen molar-refractivity contribution in [3.8, 4) is 0 Å². The minimum Gasteiger partial charge on any atom is -0.478 e. The summed E-state index contributed by atoms with van der Waals surface area (Å²) in [6.07, 6.45) is 0. The van der Waals surface area contributed by atoms with E-state index in [4.69, 9.17) is 27.2 Å². The van der Waals surface area contributed by atoms with Crippen LogP contribution in [0.5, 0.6) is 0 Å². The molecule has 0 bridgehead atoms. The number of anilines is 1. The number of aromatic carboxylic acids is 1. The van der Waals surface area contributed by atoms with Gasteiger partial charge in [0.1, 0.15) is 12.2 Å². The average molecular weight is 273 g/mol. The summed E-state index contributed by atoms with van der Waals surface area (Å²) in [5.74, 6) is -1.67. The standard InChI is InChI=1S/C11H13ClN2O4/c12-7-2-1-3-8(10(7)11(16)17)14-9(15)6-18-5-4-13/h1-3H,4-6,13H2,(H,14,15)(H,16,17). The summed E-state index contributed by atoms with van der Waals surface area (Å²) in [5.41, 5.74) is 5.19. The van der Waals surface area contributed by atoms with Gasteiger partial charge in [-0.2, -0.15) is 0 Å². The molecule has 1 rings (SSSR count). The molecular weight excluding hydrogens is 260 g/mol. The Labute approximate surface area is 109 Å². The molecule has 0 unspecified atom stereocenters. The van der Waals surface area contributed by atoms with E-state index in [0.29, 0.717) is 6.54 Å². The Morgan fingerprint density at radius 2 is 2.17 bits per heavy atom. The van der Waals surface area contributed by atoms with Crippen molar-refractivity contribution in [2.45, 2.75) is 0 Å². The van der Waals surface area contributed by atoms with E-state index in [0.717, 1.165) is 0 Å². The van der Waals surface area contributed by atoms with Gasteiger partial charge in [-0.25, -0.2) is 4.79 Å². The summed E-state index contributed by atoms with van der Waals surface area (Å²) >= 11 is 5.75. The van der Waals surface area contributed by atoms with Crippen LogP contribution < -0.4 is 11.1 Å². The lowest BCUT2D eigenvalue weighted by molar-refractivity contribution is -0.120. The van der Waals surface area contributed by atoms with E-state index in [1.165, 1.54) is 12.1 Å². The number of hydrogen-bond acceptors (Lipinski definition) is 4. The lowest BCUT2D eigenvalue weighted by Crippen LogP contribution is -2.22. The lowest BCUT2D eigenvalue weighted by Gasteiger charge is -2.09.